The lowest BCUT2D eigenvalue weighted by Gasteiger charge is -2.11. The maximum absolute atomic E-state index is 12.1. The lowest BCUT2D eigenvalue weighted by atomic mass is 10.2. The molecule has 1 aromatic heterocycles. The number of hydrogen-bond donors (Lipinski definition) is 1. The van der Waals surface area contributed by atoms with Gasteiger partial charge in [-0.3, -0.25) is 4.57 Å². The van der Waals surface area contributed by atoms with Crippen molar-refractivity contribution in [1.82, 2.24) is 9.88 Å². The Morgan fingerprint density at radius 3 is 2.00 bits per heavy atom. The third-order valence-corrected chi connectivity index (χ3v) is 3.41. The highest BCUT2D eigenvalue weighted by molar-refractivity contribution is 6.12. The highest BCUT2D eigenvalue weighted by Gasteiger charge is 2.21. The minimum atomic E-state index is -0.680. The summed E-state index contributed by atoms with van der Waals surface area (Å²) in [5.41, 5.74) is 0.484. The van der Waals surface area contributed by atoms with Gasteiger partial charge in [0.1, 0.15) is 10.7 Å². The first-order valence-electron chi connectivity index (χ1n) is 6.47. The number of nitrogens with one attached hydrogen (secondary N) is 1. The molecule has 6 nitrogen and oxygen atoms in total. The number of allylic oxidation sites excluding steroid dienone is 1. The van der Waals surface area contributed by atoms with Crippen LogP contribution < -0.4 is 16.0 Å². The standard InChI is InChI=1S/C16H14N2O4/c1-10(17-2)15(16(21)22-3)18-13(8-19)11-6-4-5-7-12(11)14(18)9-20/h4-7,17H,1-3H3/b15-10+. The average molecular weight is 298 g/mol. The largest absolute Gasteiger partial charge is 0.464 e. The van der Waals surface area contributed by atoms with E-state index in [0.29, 0.717) is 16.5 Å². The van der Waals surface area contributed by atoms with Crippen LogP contribution in [-0.4, -0.2) is 36.6 Å². The molecule has 0 fully saturated rings. The van der Waals surface area contributed by atoms with E-state index < -0.39 is 5.97 Å². The van der Waals surface area contributed by atoms with Gasteiger partial charge >= 0.3 is 5.97 Å². The van der Waals surface area contributed by atoms with Crippen molar-refractivity contribution in [3.63, 3.8) is 0 Å². The lowest BCUT2D eigenvalue weighted by Crippen LogP contribution is -2.33. The molecule has 22 heavy (non-hydrogen) atoms. The number of rotatable bonds is 3. The number of aromatic nitrogens is 1. The predicted octanol–water partition coefficient (Wildman–Crippen LogP) is -0.771. The van der Waals surface area contributed by atoms with E-state index in [1.54, 1.807) is 50.1 Å². The Kier molecular flexibility index (Phi) is 4.28. The average Bonchev–Trinajstić information content (AvgIpc) is 2.87. The Bertz CT molecular complexity index is 885. The molecule has 0 aliphatic carbocycles. The van der Waals surface area contributed by atoms with Crippen molar-refractivity contribution in [2.45, 2.75) is 6.92 Å². The van der Waals surface area contributed by atoms with E-state index in [2.05, 4.69) is 5.32 Å². The van der Waals surface area contributed by atoms with Crippen LogP contribution in [0.4, 0.5) is 0 Å². The van der Waals surface area contributed by atoms with Crippen molar-refractivity contribution in [3.05, 3.63) is 40.7 Å². The Labute approximate surface area is 126 Å². The Morgan fingerprint density at radius 2 is 1.64 bits per heavy atom. The Morgan fingerprint density at radius 1 is 1.14 bits per heavy atom. The number of methoxy groups -OCH3 is 1. The normalized spacial score (nSPS) is 11.4. The third-order valence-electron chi connectivity index (χ3n) is 3.41. The molecule has 112 valence electrons. The van der Waals surface area contributed by atoms with Crippen LogP contribution >= 0.6 is 0 Å². The fourth-order valence-electron chi connectivity index (χ4n) is 2.30. The second-order valence-corrected chi connectivity index (χ2v) is 4.50. The number of carbonyl (C=O) groups excluding carboxylic acids is 3. The highest BCUT2D eigenvalue weighted by atomic mass is 16.5. The van der Waals surface area contributed by atoms with Gasteiger partial charge in [-0.2, -0.15) is 0 Å². The summed E-state index contributed by atoms with van der Waals surface area (Å²) >= 11 is 0. The SMILES string of the molecule is CN/C(C)=C(\C(=O)OC)n1c(=C=O)c2ccccc2c1=C=O. The van der Waals surface area contributed by atoms with Crippen molar-refractivity contribution in [3.8, 4) is 0 Å². The van der Waals surface area contributed by atoms with Crippen molar-refractivity contribution >= 4 is 34.3 Å². The number of fused-ring (bicyclic) bond motifs is 1. The number of carbonyl (C=O) groups is 1. The molecular formula is C16H14N2O4. The first-order chi connectivity index (χ1) is 10.6. The monoisotopic (exact) mass is 298 g/mol. The van der Waals surface area contributed by atoms with E-state index in [-0.39, 0.29) is 16.4 Å². The molecule has 0 aliphatic rings. The summed E-state index contributed by atoms with van der Waals surface area (Å²) in [6.07, 6.45) is 0. The first kappa shape index (κ1) is 15.3. The van der Waals surface area contributed by atoms with Crippen LogP contribution in [0.2, 0.25) is 0 Å². The van der Waals surface area contributed by atoms with Gasteiger partial charge in [-0.05, 0) is 6.92 Å². The summed E-state index contributed by atoms with van der Waals surface area (Å²) in [6.45, 7) is 1.64. The molecule has 2 rings (SSSR count). The minimum Gasteiger partial charge on any atom is -0.464 e. The van der Waals surface area contributed by atoms with Gasteiger partial charge in [0, 0.05) is 23.5 Å². The van der Waals surface area contributed by atoms with Gasteiger partial charge in [-0.15, -0.1) is 0 Å². The quantitative estimate of drug-likeness (QED) is 0.595. The molecule has 0 bridgehead atoms. The topological polar surface area (TPSA) is 77.4 Å². The summed E-state index contributed by atoms with van der Waals surface area (Å²) in [6, 6.07) is 6.82. The van der Waals surface area contributed by atoms with Crippen LogP contribution in [0.25, 0.3) is 16.5 Å². The van der Waals surface area contributed by atoms with E-state index in [9.17, 15) is 14.4 Å². The number of esters is 1. The maximum atomic E-state index is 12.1. The zero-order valence-electron chi connectivity index (χ0n) is 12.4. The number of benzene rings is 1. The molecular weight excluding hydrogens is 284 g/mol. The highest BCUT2D eigenvalue weighted by Crippen LogP contribution is 2.11. The van der Waals surface area contributed by atoms with Gasteiger partial charge < -0.3 is 10.1 Å². The smallest absolute Gasteiger partial charge is 0.356 e. The van der Waals surface area contributed by atoms with Gasteiger partial charge in [0.25, 0.3) is 0 Å². The Balaban J connectivity index is 3.14. The molecule has 0 amide bonds. The maximum Gasteiger partial charge on any atom is 0.356 e. The summed E-state index contributed by atoms with van der Waals surface area (Å²) in [5, 5.41) is 4.00. The van der Waals surface area contributed by atoms with E-state index >= 15 is 0 Å². The number of ether oxygens (including phenoxy) is 1. The molecule has 0 radical (unpaired) electrons. The summed E-state index contributed by atoms with van der Waals surface area (Å²) in [7, 11) is 2.85. The molecule has 2 aromatic rings. The predicted molar refractivity (Wildman–Crippen MR) is 80.7 cm³/mol. The van der Waals surface area contributed by atoms with E-state index in [1.165, 1.54) is 11.7 Å². The van der Waals surface area contributed by atoms with E-state index in [4.69, 9.17) is 4.74 Å². The van der Waals surface area contributed by atoms with Gasteiger partial charge in [-0.25, -0.2) is 14.4 Å². The van der Waals surface area contributed by atoms with E-state index in [0.717, 1.165) is 0 Å². The summed E-state index contributed by atoms with van der Waals surface area (Å²) < 4.78 is 5.99. The third kappa shape index (κ3) is 2.23. The van der Waals surface area contributed by atoms with Crippen LogP contribution in [0.5, 0.6) is 0 Å². The fourth-order valence-corrected chi connectivity index (χ4v) is 2.30. The van der Waals surface area contributed by atoms with E-state index in [1.807, 2.05) is 0 Å². The molecule has 1 aromatic carbocycles. The van der Waals surface area contributed by atoms with Gasteiger partial charge in [0.15, 0.2) is 17.6 Å². The Hall–Kier alpha value is -3.07. The second kappa shape index (κ2) is 6.14. The van der Waals surface area contributed by atoms with Crippen LogP contribution in [0.15, 0.2) is 30.0 Å². The van der Waals surface area contributed by atoms with Crippen LogP contribution in [0, 0.1) is 0 Å². The zero-order valence-corrected chi connectivity index (χ0v) is 12.4. The van der Waals surface area contributed by atoms with Gasteiger partial charge in [0.2, 0.25) is 0 Å². The molecule has 0 spiro atoms. The van der Waals surface area contributed by atoms with Crippen molar-refractivity contribution in [1.29, 1.82) is 0 Å². The summed E-state index contributed by atoms with van der Waals surface area (Å²) in [4.78, 5) is 35.0. The molecule has 6 heteroatoms. The van der Waals surface area contributed by atoms with Crippen LogP contribution in [0.1, 0.15) is 6.92 Å². The van der Waals surface area contributed by atoms with Gasteiger partial charge in [-0.1, -0.05) is 24.3 Å². The second-order valence-electron chi connectivity index (χ2n) is 4.50. The zero-order chi connectivity index (χ0) is 16.3. The molecule has 0 atom stereocenters. The molecule has 0 saturated carbocycles. The number of nitrogens with zero attached hydrogens (tertiary/aromatic N) is 1. The molecule has 1 heterocycles. The molecule has 0 aliphatic heterocycles. The van der Waals surface area contributed by atoms with Crippen molar-refractivity contribution in [2.75, 3.05) is 14.2 Å². The van der Waals surface area contributed by atoms with Crippen molar-refractivity contribution in [2.24, 2.45) is 0 Å². The fraction of sp³-hybridized carbons (Fsp3) is 0.188. The minimum absolute atomic E-state index is 0.0397. The molecule has 0 unspecified atom stereocenters. The summed E-state index contributed by atoms with van der Waals surface area (Å²) in [5.74, 6) is 2.91. The van der Waals surface area contributed by atoms with Crippen LogP contribution in [0.3, 0.4) is 0 Å². The van der Waals surface area contributed by atoms with Crippen molar-refractivity contribution < 1.29 is 19.1 Å². The van der Waals surface area contributed by atoms with Crippen LogP contribution in [-0.2, 0) is 19.1 Å². The molecule has 1 N–H and O–H groups in total. The lowest BCUT2D eigenvalue weighted by molar-refractivity contribution is -0.134. The van der Waals surface area contributed by atoms with Gasteiger partial charge in [0.05, 0.1) is 7.11 Å². The number of hydrogen-bond acceptors (Lipinski definition) is 5. The first-order valence-corrected chi connectivity index (χ1v) is 6.47. The molecule has 0 saturated heterocycles.